The second-order valence-corrected chi connectivity index (χ2v) is 4.38. The van der Waals surface area contributed by atoms with Gasteiger partial charge in [-0.05, 0) is 42.5 Å². The number of hydrogen-bond donors (Lipinski definition) is 0. The predicted molar refractivity (Wildman–Crippen MR) is 77.2 cm³/mol. The van der Waals surface area contributed by atoms with Crippen LogP contribution in [-0.4, -0.2) is 11.8 Å². The van der Waals surface area contributed by atoms with Gasteiger partial charge in [0.05, 0.1) is 17.2 Å². The van der Waals surface area contributed by atoms with E-state index in [1.165, 1.54) is 6.07 Å². The maximum atomic E-state index is 12.0. The quantitative estimate of drug-likeness (QED) is 0.489. The van der Waals surface area contributed by atoms with Gasteiger partial charge in [0, 0.05) is 12.0 Å². The minimum Gasteiger partial charge on any atom is -0.423 e. The lowest BCUT2D eigenvalue weighted by Crippen LogP contribution is -2.08. The minimum atomic E-state index is -0.540. The molecule has 2 aromatic rings. The summed E-state index contributed by atoms with van der Waals surface area (Å²) in [6.07, 6.45) is 0.431. The molecule has 0 radical (unpaired) electrons. The summed E-state index contributed by atoms with van der Waals surface area (Å²) in [4.78, 5) is 23.5. The fraction of sp³-hybridized carbons (Fsp3) is 0.118. The highest BCUT2D eigenvalue weighted by Crippen LogP contribution is 2.15. The zero-order valence-corrected chi connectivity index (χ0v) is 11.5. The summed E-state index contributed by atoms with van der Waals surface area (Å²) in [5.41, 5.74) is 1.29. The van der Waals surface area contributed by atoms with Crippen LogP contribution >= 0.6 is 0 Å². The molecule has 0 spiro atoms. The van der Waals surface area contributed by atoms with Crippen molar-refractivity contribution in [2.75, 3.05) is 0 Å². The van der Waals surface area contributed by atoms with Crippen LogP contribution in [0.2, 0.25) is 0 Å². The topological polar surface area (TPSA) is 67.2 Å². The summed E-state index contributed by atoms with van der Waals surface area (Å²) in [5, 5.41) is 8.81. The number of ketones is 1. The van der Waals surface area contributed by atoms with Gasteiger partial charge in [-0.25, -0.2) is 4.79 Å². The van der Waals surface area contributed by atoms with E-state index in [0.717, 1.165) is 0 Å². The average molecular weight is 279 g/mol. The average Bonchev–Trinajstić information content (AvgIpc) is 2.54. The maximum Gasteiger partial charge on any atom is 0.343 e. The molecule has 0 atom stereocenters. The van der Waals surface area contributed by atoms with Crippen LogP contribution in [0.5, 0.6) is 5.75 Å². The number of ether oxygens (including phenoxy) is 1. The standard InChI is InChI=1S/C17H13NO3/c1-2-16(19)13-6-8-15(9-7-13)21-17(20)14-5-3-4-12(10-14)11-18/h3-10H,2H2,1H3. The molecule has 0 aliphatic carbocycles. The molecule has 0 fully saturated rings. The second-order valence-electron chi connectivity index (χ2n) is 4.38. The normalized spacial score (nSPS) is 9.71. The molecule has 0 aliphatic heterocycles. The van der Waals surface area contributed by atoms with Crippen molar-refractivity contribution in [3.63, 3.8) is 0 Å². The highest BCUT2D eigenvalue weighted by atomic mass is 16.5. The predicted octanol–water partition coefficient (Wildman–Crippen LogP) is 3.37. The number of nitrogens with zero attached hydrogens (tertiary/aromatic N) is 1. The highest BCUT2D eigenvalue weighted by Gasteiger charge is 2.10. The first-order chi connectivity index (χ1) is 10.1. The van der Waals surface area contributed by atoms with Crippen LogP contribution in [0.4, 0.5) is 0 Å². The lowest BCUT2D eigenvalue weighted by Gasteiger charge is -2.05. The molecule has 2 rings (SSSR count). The third-order valence-corrected chi connectivity index (χ3v) is 2.94. The van der Waals surface area contributed by atoms with Crippen molar-refractivity contribution in [1.29, 1.82) is 5.26 Å². The molecular weight excluding hydrogens is 266 g/mol. The fourth-order valence-corrected chi connectivity index (χ4v) is 1.79. The first-order valence-electron chi connectivity index (χ1n) is 6.49. The first-order valence-corrected chi connectivity index (χ1v) is 6.49. The number of nitriles is 1. The molecule has 0 bridgehead atoms. The van der Waals surface area contributed by atoms with Gasteiger partial charge < -0.3 is 4.74 Å². The first kappa shape index (κ1) is 14.5. The Morgan fingerprint density at radius 3 is 2.43 bits per heavy atom. The van der Waals surface area contributed by atoms with Crippen LogP contribution in [0, 0.1) is 11.3 Å². The van der Waals surface area contributed by atoms with Crippen LogP contribution in [0.25, 0.3) is 0 Å². The Kier molecular flexibility index (Phi) is 4.47. The number of carbonyl (C=O) groups excluding carboxylic acids is 2. The molecule has 0 N–H and O–H groups in total. The number of rotatable bonds is 4. The minimum absolute atomic E-state index is 0.0367. The van der Waals surface area contributed by atoms with Gasteiger partial charge in [-0.3, -0.25) is 4.79 Å². The summed E-state index contributed by atoms with van der Waals surface area (Å²) >= 11 is 0. The van der Waals surface area contributed by atoms with Crippen molar-refractivity contribution < 1.29 is 14.3 Å². The zero-order chi connectivity index (χ0) is 15.2. The van der Waals surface area contributed by atoms with Crippen molar-refractivity contribution in [1.82, 2.24) is 0 Å². The zero-order valence-electron chi connectivity index (χ0n) is 11.5. The van der Waals surface area contributed by atoms with Crippen LogP contribution in [0.15, 0.2) is 48.5 Å². The third-order valence-electron chi connectivity index (χ3n) is 2.94. The van der Waals surface area contributed by atoms with E-state index < -0.39 is 5.97 Å². The molecule has 0 saturated carbocycles. The monoisotopic (exact) mass is 279 g/mol. The van der Waals surface area contributed by atoms with E-state index in [-0.39, 0.29) is 5.78 Å². The van der Waals surface area contributed by atoms with E-state index in [0.29, 0.717) is 28.9 Å². The maximum absolute atomic E-state index is 12.0. The lowest BCUT2D eigenvalue weighted by molar-refractivity contribution is 0.0734. The summed E-state index contributed by atoms with van der Waals surface area (Å²) in [6.45, 7) is 1.79. The van der Waals surface area contributed by atoms with Crippen molar-refractivity contribution >= 4 is 11.8 Å². The largest absolute Gasteiger partial charge is 0.423 e. The molecule has 21 heavy (non-hydrogen) atoms. The molecule has 0 saturated heterocycles. The van der Waals surface area contributed by atoms with E-state index in [2.05, 4.69) is 0 Å². The number of benzene rings is 2. The van der Waals surface area contributed by atoms with E-state index in [9.17, 15) is 9.59 Å². The van der Waals surface area contributed by atoms with Gasteiger partial charge in [0.1, 0.15) is 5.75 Å². The Hall–Kier alpha value is -2.93. The van der Waals surface area contributed by atoms with Crippen molar-refractivity contribution in [2.24, 2.45) is 0 Å². The van der Waals surface area contributed by atoms with E-state index in [1.54, 1.807) is 49.4 Å². The Labute approximate surface area is 122 Å². The number of carbonyl (C=O) groups is 2. The van der Waals surface area contributed by atoms with Gasteiger partial charge in [0.2, 0.25) is 0 Å². The fourth-order valence-electron chi connectivity index (χ4n) is 1.79. The lowest BCUT2D eigenvalue weighted by atomic mass is 10.1. The number of Topliss-reactive ketones (excluding diaryl/α,β-unsaturated/α-hetero) is 1. The van der Waals surface area contributed by atoms with E-state index in [4.69, 9.17) is 10.00 Å². The van der Waals surface area contributed by atoms with Gasteiger partial charge in [-0.15, -0.1) is 0 Å². The van der Waals surface area contributed by atoms with Gasteiger partial charge >= 0.3 is 5.97 Å². The Morgan fingerprint density at radius 1 is 1.10 bits per heavy atom. The summed E-state index contributed by atoms with van der Waals surface area (Å²) in [7, 11) is 0. The molecule has 0 aromatic heterocycles. The number of hydrogen-bond acceptors (Lipinski definition) is 4. The summed E-state index contributed by atoms with van der Waals surface area (Å²) in [6, 6.07) is 14.7. The van der Waals surface area contributed by atoms with Gasteiger partial charge in [-0.1, -0.05) is 13.0 Å². The van der Waals surface area contributed by atoms with Crippen LogP contribution in [0.3, 0.4) is 0 Å². The van der Waals surface area contributed by atoms with Gasteiger partial charge in [0.25, 0.3) is 0 Å². The molecule has 0 heterocycles. The Morgan fingerprint density at radius 2 is 1.81 bits per heavy atom. The molecule has 4 nitrogen and oxygen atoms in total. The molecule has 0 aliphatic rings. The second kappa shape index (κ2) is 6.49. The molecule has 0 unspecified atom stereocenters. The van der Waals surface area contributed by atoms with Crippen molar-refractivity contribution in [3.05, 3.63) is 65.2 Å². The summed E-state index contributed by atoms with van der Waals surface area (Å²) < 4.78 is 5.21. The van der Waals surface area contributed by atoms with Gasteiger partial charge in [-0.2, -0.15) is 5.26 Å². The van der Waals surface area contributed by atoms with Gasteiger partial charge in [0.15, 0.2) is 5.78 Å². The number of esters is 1. The molecule has 4 heteroatoms. The molecule has 0 amide bonds. The third kappa shape index (κ3) is 3.54. The molecule has 104 valence electrons. The SMILES string of the molecule is CCC(=O)c1ccc(OC(=O)c2cccc(C#N)c2)cc1. The molecular formula is C17H13NO3. The summed E-state index contributed by atoms with van der Waals surface area (Å²) in [5.74, 6) is -0.147. The van der Waals surface area contributed by atoms with Crippen molar-refractivity contribution in [3.8, 4) is 11.8 Å². The Balaban J connectivity index is 2.12. The Bertz CT molecular complexity index is 712. The van der Waals surface area contributed by atoms with Crippen LogP contribution < -0.4 is 4.74 Å². The van der Waals surface area contributed by atoms with Crippen LogP contribution in [-0.2, 0) is 0 Å². The van der Waals surface area contributed by atoms with Crippen LogP contribution in [0.1, 0.15) is 39.6 Å². The highest BCUT2D eigenvalue weighted by molar-refractivity contribution is 5.96. The molecule has 2 aromatic carbocycles. The van der Waals surface area contributed by atoms with E-state index >= 15 is 0 Å². The van der Waals surface area contributed by atoms with E-state index in [1.807, 2.05) is 6.07 Å². The smallest absolute Gasteiger partial charge is 0.343 e. The van der Waals surface area contributed by atoms with Crippen molar-refractivity contribution in [2.45, 2.75) is 13.3 Å².